The SMILES string of the molecule is CC1CCN(S(=O)(=O)c2ccc(N3CCC(N4C[C@@H](C)O[C@H](C)C4)CC3)c([N+](=O)[O-])c2)CC1. The Kier molecular flexibility index (Phi) is 7.28. The van der Waals surface area contributed by atoms with Crippen molar-refractivity contribution in [3.63, 3.8) is 0 Å². The van der Waals surface area contributed by atoms with Gasteiger partial charge in [-0.2, -0.15) is 4.31 Å². The minimum atomic E-state index is -3.73. The lowest BCUT2D eigenvalue weighted by Gasteiger charge is -2.44. The van der Waals surface area contributed by atoms with Gasteiger partial charge in [0.1, 0.15) is 5.69 Å². The van der Waals surface area contributed by atoms with Crippen LogP contribution in [0.1, 0.15) is 46.5 Å². The molecule has 1 aromatic carbocycles. The summed E-state index contributed by atoms with van der Waals surface area (Å²) in [6.07, 6.45) is 3.89. The molecule has 0 bridgehead atoms. The predicted octanol–water partition coefficient (Wildman–Crippen LogP) is 3.09. The topological polar surface area (TPSA) is 96.2 Å². The highest BCUT2D eigenvalue weighted by atomic mass is 32.2. The van der Waals surface area contributed by atoms with Crippen LogP contribution in [-0.4, -0.2) is 80.1 Å². The van der Waals surface area contributed by atoms with E-state index < -0.39 is 14.9 Å². The lowest BCUT2D eigenvalue weighted by Crippen LogP contribution is -2.53. The summed E-state index contributed by atoms with van der Waals surface area (Å²) in [5.41, 5.74) is 0.377. The highest BCUT2D eigenvalue weighted by Gasteiger charge is 2.34. The molecule has 33 heavy (non-hydrogen) atoms. The molecule has 2 atom stereocenters. The summed E-state index contributed by atoms with van der Waals surface area (Å²) in [4.78, 5) is 16.0. The molecule has 3 heterocycles. The monoisotopic (exact) mass is 480 g/mol. The van der Waals surface area contributed by atoms with E-state index in [2.05, 4.69) is 25.7 Å². The molecule has 9 nitrogen and oxygen atoms in total. The van der Waals surface area contributed by atoms with E-state index in [4.69, 9.17) is 4.74 Å². The van der Waals surface area contributed by atoms with Crippen LogP contribution in [0.2, 0.25) is 0 Å². The van der Waals surface area contributed by atoms with Crippen LogP contribution in [0.3, 0.4) is 0 Å². The number of benzene rings is 1. The van der Waals surface area contributed by atoms with Gasteiger partial charge < -0.3 is 9.64 Å². The first-order valence-electron chi connectivity index (χ1n) is 12.1. The van der Waals surface area contributed by atoms with Crippen molar-refractivity contribution in [3.8, 4) is 0 Å². The first-order valence-corrected chi connectivity index (χ1v) is 13.5. The Morgan fingerprint density at radius 3 is 2.15 bits per heavy atom. The zero-order chi connectivity index (χ0) is 23.8. The van der Waals surface area contributed by atoms with Crippen molar-refractivity contribution in [2.75, 3.05) is 44.2 Å². The zero-order valence-corrected chi connectivity index (χ0v) is 20.7. The smallest absolute Gasteiger partial charge is 0.293 e. The Bertz CT molecular complexity index is 946. The average molecular weight is 481 g/mol. The number of nitro groups is 1. The lowest BCUT2D eigenvalue weighted by atomic mass is 10.0. The normalized spacial score (nSPS) is 27.1. The minimum absolute atomic E-state index is 0.0127. The van der Waals surface area contributed by atoms with Crippen molar-refractivity contribution < 1.29 is 18.1 Å². The van der Waals surface area contributed by atoms with Crippen LogP contribution in [0.25, 0.3) is 0 Å². The van der Waals surface area contributed by atoms with E-state index in [1.165, 1.54) is 16.4 Å². The third-order valence-electron chi connectivity index (χ3n) is 7.29. The molecule has 0 saturated carbocycles. The highest BCUT2D eigenvalue weighted by Crippen LogP contribution is 2.35. The zero-order valence-electron chi connectivity index (χ0n) is 19.9. The molecule has 0 radical (unpaired) electrons. The summed E-state index contributed by atoms with van der Waals surface area (Å²) in [7, 11) is -3.73. The second-order valence-electron chi connectivity index (χ2n) is 9.92. The van der Waals surface area contributed by atoms with Gasteiger partial charge in [0.25, 0.3) is 5.69 Å². The van der Waals surface area contributed by atoms with Crippen LogP contribution >= 0.6 is 0 Å². The summed E-state index contributed by atoms with van der Waals surface area (Å²) >= 11 is 0. The van der Waals surface area contributed by atoms with Gasteiger partial charge in [0, 0.05) is 51.4 Å². The molecule has 10 heteroatoms. The maximum Gasteiger partial charge on any atom is 0.293 e. The van der Waals surface area contributed by atoms with Crippen LogP contribution in [0.5, 0.6) is 0 Å². The van der Waals surface area contributed by atoms with Crippen LogP contribution in [0, 0.1) is 16.0 Å². The number of piperidine rings is 2. The molecule has 3 fully saturated rings. The van der Waals surface area contributed by atoms with Gasteiger partial charge in [-0.15, -0.1) is 0 Å². The molecule has 1 aromatic rings. The number of sulfonamides is 1. The van der Waals surface area contributed by atoms with Crippen molar-refractivity contribution in [3.05, 3.63) is 28.3 Å². The molecular weight excluding hydrogens is 444 g/mol. The van der Waals surface area contributed by atoms with Crippen LogP contribution in [0.15, 0.2) is 23.1 Å². The maximum atomic E-state index is 13.1. The van der Waals surface area contributed by atoms with Crippen LogP contribution in [0.4, 0.5) is 11.4 Å². The van der Waals surface area contributed by atoms with Gasteiger partial charge >= 0.3 is 0 Å². The Labute approximate surface area is 196 Å². The first-order chi connectivity index (χ1) is 15.6. The van der Waals surface area contributed by atoms with Gasteiger partial charge in [-0.1, -0.05) is 6.92 Å². The number of ether oxygens (including phenoxy) is 1. The number of nitro benzene ring substituents is 1. The quantitative estimate of drug-likeness (QED) is 0.472. The van der Waals surface area contributed by atoms with Gasteiger partial charge in [-0.05, 0) is 57.6 Å². The molecule has 0 aliphatic carbocycles. The number of anilines is 1. The van der Waals surface area contributed by atoms with E-state index in [0.717, 1.165) is 38.8 Å². The van der Waals surface area contributed by atoms with Gasteiger partial charge in [-0.25, -0.2) is 8.42 Å². The van der Waals surface area contributed by atoms with E-state index in [0.29, 0.717) is 43.8 Å². The second kappa shape index (κ2) is 9.85. The highest BCUT2D eigenvalue weighted by molar-refractivity contribution is 7.89. The van der Waals surface area contributed by atoms with Gasteiger partial charge in [-0.3, -0.25) is 15.0 Å². The molecule has 3 saturated heterocycles. The largest absolute Gasteiger partial charge is 0.373 e. The summed E-state index contributed by atoms with van der Waals surface area (Å²) < 4.78 is 33.5. The minimum Gasteiger partial charge on any atom is -0.373 e. The Hall–Kier alpha value is -1.75. The van der Waals surface area contributed by atoms with Gasteiger partial charge in [0.05, 0.1) is 22.0 Å². The fourth-order valence-electron chi connectivity index (χ4n) is 5.44. The molecule has 0 aromatic heterocycles. The average Bonchev–Trinajstić information content (AvgIpc) is 2.78. The molecular formula is C23H36N4O5S. The summed E-state index contributed by atoms with van der Waals surface area (Å²) in [6, 6.07) is 4.85. The molecule has 3 aliphatic heterocycles. The molecule has 0 amide bonds. The summed E-state index contributed by atoms with van der Waals surface area (Å²) in [5, 5.41) is 11.9. The fraction of sp³-hybridized carbons (Fsp3) is 0.739. The van der Waals surface area contributed by atoms with E-state index >= 15 is 0 Å². The first kappa shape index (κ1) is 24.4. The third-order valence-corrected chi connectivity index (χ3v) is 9.19. The molecule has 4 rings (SSSR count). The third kappa shape index (κ3) is 5.34. The molecule has 0 N–H and O–H groups in total. The van der Waals surface area contributed by atoms with Crippen LogP contribution < -0.4 is 4.90 Å². The van der Waals surface area contributed by atoms with Crippen molar-refractivity contribution in [1.82, 2.24) is 9.21 Å². The molecule has 3 aliphatic rings. The van der Waals surface area contributed by atoms with Crippen molar-refractivity contribution >= 4 is 21.4 Å². The van der Waals surface area contributed by atoms with Crippen LogP contribution in [-0.2, 0) is 14.8 Å². The summed E-state index contributed by atoms with van der Waals surface area (Å²) in [5.74, 6) is 0.500. The number of hydrogen-bond donors (Lipinski definition) is 0. The predicted molar refractivity (Wildman–Crippen MR) is 127 cm³/mol. The standard InChI is InChI=1S/C23H36N4O5S/c1-17-6-12-26(13-7-17)33(30,31)21-4-5-22(23(14-21)27(28)29)24-10-8-20(9-11-24)25-15-18(2)32-19(3)16-25/h4-5,14,17-20H,6-13,15-16H2,1-3H3/t18-,19-/m1/s1. The van der Waals surface area contributed by atoms with E-state index in [-0.39, 0.29) is 22.8 Å². The number of nitrogens with zero attached hydrogens (tertiary/aromatic N) is 4. The Balaban J connectivity index is 1.48. The number of hydrogen-bond acceptors (Lipinski definition) is 7. The molecule has 184 valence electrons. The van der Waals surface area contributed by atoms with Gasteiger partial charge in [0.2, 0.25) is 10.0 Å². The van der Waals surface area contributed by atoms with Crippen molar-refractivity contribution in [2.24, 2.45) is 5.92 Å². The Morgan fingerprint density at radius 1 is 0.970 bits per heavy atom. The van der Waals surface area contributed by atoms with Crippen molar-refractivity contribution in [1.29, 1.82) is 0 Å². The van der Waals surface area contributed by atoms with Gasteiger partial charge in [0.15, 0.2) is 0 Å². The van der Waals surface area contributed by atoms with E-state index in [9.17, 15) is 18.5 Å². The summed E-state index contributed by atoms with van der Waals surface area (Å²) in [6.45, 7) is 10.5. The molecule has 0 spiro atoms. The number of morpholine rings is 1. The molecule has 0 unspecified atom stereocenters. The second-order valence-corrected chi connectivity index (χ2v) is 11.9. The Morgan fingerprint density at radius 2 is 1.58 bits per heavy atom. The lowest BCUT2D eigenvalue weighted by molar-refractivity contribution is -0.384. The fourth-order valence-corrected chi connectivity index (χ4v) is 6.93. The van der Waals surface area contributed by atoms with E-state index in [1.807, 2.05) is 4.90 Å². The van der Waals surface area contributed by atoms with E-state index in [1.54, 1.807) is 6.07 Å². The number of rotatable bonds is 5. The van der Waals surface area contributed by atoms with Crippen molar-refractivity contribution in [2.45, 2.75) is 69.6 Å². The maximum absolute atomic E-state index is 13.1.